The lowest BCUT2D eigenvalue weighted by Gasteiger charge is -2.27. The van der Waals surface area contributed by atoms with E-state index in [1.165, 1.54) is 0 Å². The van der Waals surface area contributed by atoms with Gasteiger partial charge in [-0.3, -0.25) is 9.59 Å². The van der Waals surface area contributed by atoms with Gasteiger partial charge in [0.15, 0.2) is 0 Å². The molecule has 5 nitrogen and oxygen atoms in total. The SMILES string of the molecule is O=C1CCC(C(=O)N[C@H]2CCCNC2)CN1. The predicted octanol–water partition coefficient (Wildman–Crippen LogP) is -0.619. The van der Waals surface area contributed by atoms with Crippen molar-refractivity contribution in [1.82, 2.24) is 16.0 Å². The predicted molar refractivity (Wildman–Crippen MR) is 59.8 cm³/mol. The van der Waals surface area contributed by atoms with Gasteiger partial charge in [0.25, 0.3) is 0 Å². The van der Waals surface area contributed by atoms with E-state index in [0.717, 1.165) is 25.9 Å². The molecule has 2 fully saturated rings. The molecule has 2 aliphatic rings. The van der Waals surface area contributed by atoms with E-state index in [0.29, 0.717) is 19.4 Å². The molecule has 90 valence electrons. The van der Waals surface area contributed by atoms with E-state index in [9.17, 15) is 9.59 Å². The molecule has 2 saturated heterocycles. The molecule has 2 atom stereocenters. The third-order valence-electron chi connectivity index (χ3n) is 3.28. The van der Waals surface area contributed by atoms with Crippen LogP contribution in [0.15, 0.2) is 0 Å². The Kier molecular flexibility index (Phi) is 3.77. The van der Waals surface area contributed by atoms with Crippen molar-refractivity contribution in [1.29, 1.82) is 0 Å². The van der Waals surface area contributed by atoms with Crippen molar-refractivity contribution in [3.8, 4) is 0 Å². The van der Waals surface area contributed by atoms with Crippen LogP contribution in [0.5, 0.6) is 0 Å². The lowest BCUT2D eigenvalue weighted by atomic mass is 9.97. The Morgan fingerprint density at radius 3 is 2.81 bits per heavy atom. The molecule has 0 bridgehead atoms. The normalized spacial score (nSPS) is 30.6. The highest BCUT2D eigenvalue weighted by atomic mass is 16.2. The Morgan fingerprint density at radius 2 is 2.19 bits per heavy atom. The summed E-state index contributed by atoms with van der Waals surface area (Å²) in [5.74, 6) is 0.108. The van der Waals surface area contributed by atoms with Crippen LogP contribution in [0, 0.1) is 5.92 Å². The molecule has 0 aromatic rings. The fourth-order valence-electron chi connectivity index (χ4n) is 2.25. The average molecular weight is 225 g/mol. The van der Waals surface area contributed by atoms with Crippen molar-refractivity contribution >= 4 is 11.8 Å². The van der Waals surface area contributed by atoms with Crippen LogP contribution in [0.1, 0.15) is 25.7 Å². The molecule has 0 aliphatic carbocycles. The van der Waals surface area contributed by atoms with E-state index in [1.54, 1.807) is 0 Å². The first-order chi connectivity index (χ1) is 7.75. The standard InChI is InChI=1S/C11H19N3O2/c15-10-4-3-8(6-13-10)11(16)14-9-2-1-5-12-7-9/h8-9,12H,1-7H2,(H,13,15)(H,14,16)/t8?,9-/m0/s1. The van der Waals surface area contributed by atoms with E-state index in [-0.39, 0.29) is 23.8 Å². The molecule has 0 aromatic carbocycles. The van der Waals surface area contributed by atoms with E-state index >= 15 is 0 Å². The Labute approximate surface area is 95.3 Å². The molecule has 3 N–H and O–H groups in total. The second kappa shape index (κ2) is 5.30. The van der Waals surface area contributed by atoms with Crippen LogP contribution in [0.25, 0.3) is 0 Å². The van der Waals surface area contributed by atoms with Gasteiger partial charge in [-0.05, 0) is 25.8 Å². The number of nitrogens with one attached hydrogen (secondary N) is 3. The van der Waals surface area contributed by atoms with Gasteiger partial charge in [-0.1, -0.05) is 0 Å². The molecule has 1 unspecified atom stereocenters. The van der Waals surface area contributed by atoms with Crippen LogP contribution in [-0.4, -0.2) is 37.5 Å². The second-order valence-corrected chi connectivity index (χ2v) is 4.59. The number of carbonyl (C=O) groups excluding carboxylic acids is 2. The average Bonchev–Trinajstić information content (AvgIpc) is 2.31. The minimum atomic E-state index is -0.0420. The maximum atomic E-state index is 11.9. The summed E-state index contributed by atoms with van der Waals surface area (Å²) in [7, 11) is 0. The van der Waals surface area contributed by atoms with Crippen molar-refractivity contribution in [3.63, 3.8) is 0 Å². The van der Waals surface area contributed by atoms with E-state index < -0.39 is 0 Å². The molecule has 0 aromatic heterocycles. The minimum Gasteiger partial charge on any atom is -0.355 e. The molecule has 2 aliphatic heterocycles. The van der Waals surface area contributed by atoms with Gasteiger partial charge in [0.05, 0.1) is 5.92 Å². The second-order valence-electron chi connectivity index (χ2n) is 4.59. The summed E-state index contributed by atoms with van der Waals surface area (Å²) in [5.41, 5.74) is 0. The first-order valence-electron chi connectivity index (χ1n) is 6.03. The maximum Gasteiger partial charge on any atom is 0.225 e. The first-order valence-corrected chi connectivity index (χ1v) is 6.03. The van der Waals surface area contributed by atoms with Crippen LogP contribution in [0.3, 0.4) is 0 Å². The Balaban J connectivity index is 1.76. The summed E-state index contributed by atoms with van der Waals surface area (Å²) in [6.07, 6.45) is 3.32. The Morgan fingerprint density at radius 1 is 1.31 bits per heavy atom. The highest BCUT2D eigenvalue weighted by molar-refractivity contribution is 5.83. The first kappa shape index (κ1) is 11.4. The van der Waals surface area contributed by atoms with Crippen molar-refractivity contribution < 1.29 is 9.59 Å². The topological polar surface area (TPSA) is 70.2 Å². The minimum absolute atomic E-state index is 0.0420. The number of hydrogen-bond donors (Lipinski definition) is 3. The lowest BCUT2D eigenvalue weighted by Crippen LogP contribution is -2.50. The maximum absolute atomic E-state index is 11.9. The summed E-state index contributed by atoms with van der Waals surface area (Å²) < 4.78 is 0. The molecule has 5 heteroatoms. The van der Waals surface area contributed by atoms with Gasteiger partial charge in [-0.25, -0.2) is 0 Å². The molecule has 2 amide bonds. The smallest absolute Gasteiger partial charge is 0.225 e. The van der Waals surface area contributed by atoms with Crippen molar-refractivity contribution in [3.05, 3.63) is 0 Å². The summed E-state index contributed by atoms with van der Waals surface area (Å²) >= 11 is 0. The highest BCUT2D eigenvalue weighted by Gasteiger charge is 2.26. The summed E-state index contributed by atoms with van der Waals surface area (Å²) in [6.45, 7) is 2.40. The molecular weight excluding hydrogens is 206 g/mol. The summed E-state index contributed by atoms with van der Waals surface area (Å²) in [6, 6.07) is 0.263. The van der Waals surface area contributed by atoms with Crippen molar-refractivity contribution in [2.45, 2.75) is 31.7 Å². The molecular formula is C11H19N3O2. The molecule has 2 rings (SSSR count). The number of piperidine rings is 2. The molecule has 2 heterocycles. The van der Waals surface area contributed by atoms with Gasteiger partial charge in [-0.2, -0.15) is 0 Å². The lowest BCUT2D eigenvalue weighted by molar-refractivity contribution is -0.129. The molecule has 0 radical (unpaired) electrons. The van der Waals surface area contributed by atoms with Crippen LogP contribution in [0.4, 0.5) is 0 Å². The molecule has 16 heavy (non-hydrogen) atoms. The van der Waals surface area contributed by atoms with Gasteiger partial charge in [-0.15, -0.1) is 0 Å². The largest absolute Gasteiger partial charge is 0.355 e. The summed E-state index contributed by atoms with van der Waals surface area (Å²) in [4.78, 5) is 22.9. The van der Waals surface area contributed by atoms with Crippen LogP contribution < -0.4 is 16.0 Å². The molecule has 0 saturated carbocycles. The van der Waals surface area contributed by atoms with Crippen molar-refractivity contribution in [2.24, 2.45) is 5.92 Å². The Hall–Kier alpha value is -1.10. The zero-order chi connectivity index (χ0) is 11.4. The van der Waals surface area contributed by atoms with Gasteiger partial charge >= 0.3 is 0 Å². The Bertz CT molecular complexity index is 264. The third-order valence-corrected chi connectivity index (χ3v) is 3.28. The number of amides is 2. The van der Waals surface area contributed by atoms with E-state index in [4.69, 9.17) is 0 Å². The van der Waals surface area contributed by atoms with Gasteiger partial charge < -0.3 is 16.0 Å². The van der Waals surface area contributed by atoms with Crippen LogP contribution in [-0.2, 0) is 9.59 Å². The molecule has 0 spiro atoms. The summed E-state index contributed by atoms with van der Waals surface area (Å²) in [5, 5.41) is 9.05. The van der Waals surface area contributed by atoms with E-state index in [2.05, 4.69) is 16.0 Å². The van der Waals surface area contributed by atoms with Crippen molar-refractivity contribution in [2.75, 3.05) is 19.6 Å². The van der Waals surface area contributed by atoms with Crippen LogP contribution >= 0.6 is 0 Å². The van der Waals surface area contributed by atoms with Crippen LogP contribution in [0.2, 0.25) is 0 Å². The third kappa shape index (κ3) is 2.95. The number of carbonyl (C=O) groups is 2. The zero-order valence-corrected chi connectivity index (χ0v) is 9.42. The van der Waals surface area contributed by atoms with E-state index in [1.807, 2.05) is 0 Å². The fourth-order valence-corrected chi connectivity index (χ4v) is 2.25. The highest BCUT2D eigenvalue weighted by Crippen LogP contribution is 2.12. The number of rotatable bonds is 2. The zero-order valence-electron chi connectivity index (χ0n) is 9.42. The van der Waals surface area contributed by atoms with Gasteiger partial charge in [0.2, 0.25) is 11.8 Å². The van der Waals surface area contributed by atoms with Gasteiger partial charge in [0.1, 0.15) is 0 Å². The van der Waals surface area contributed by atoms with Gasteiger partial charge in [0, 0.05) is 25.6 Å². The number of hydrogen-bond acceptors (Lipinski definition) is 3. The quantitative estimate of drug-likeness (QED) is 0.586. The monoisotopic (exact) mass is 225 g/mol. The fraction of sp³-hybridized carbons (Fsp3) is 0.818.